The molecule has 0 amide bonds. The van der Waals surface area contributed by atoms with E-state index in [0.29, 0.717) is 11.3 Å². The number of hydrogen-bond donors (Lipinski definition) is 0. The average molecular weight is 176 g/mol. The van der Waals surface area contributed by atoms with Crippen LogP contribution in [0.15, 0.2) is 24.3 Å². The minimum absolute atomic E-state index is 0.572. The Morgan fingerprint density at radius 3 is 2.85 bits per heavy atom. The predicted molar refractivity (Wildman–Crippen MR) is 57.5 cm³/mol. The molecule has 0 heterocycles. The zero-order valence-electron chi connectivity index (χ0n) is 8.84. The highest BCUT2D eigenvalue weighted by atomic mass is 14.5. The SMILES string of the molecule is C=C(C)C(C)CC12C=CC(CC1)C2. The highest BCUT2D eigenvalue weighted by Crippen LogP contribution is 2.52. The summed E-state index contributed by atoms with van der Waals surface area (Å²) in [4.78, 5) is 0. The third-order valence-electron chi connectivity index (χ3n) is 3.96. The maximum atomic E-state index is 4.05. The summed E-state index contributed by atoms with van der Waals surface area (Å²) in [7, 11) is 0. The summed E-state index contributed by atoms with van der Waals surface area (Å²) in [6.45, 7) is 8.53. The zero-order chi connectivity index (χ0) is 9.47. The van der Waals surface area contributed by atoms with Gasteiger partial charge < -0.3 is 0 Å². The van der Waals surface area contributed by atoms with Gasteiger partial charge in [0.05, 0.1) is 0 Å². The average Bonchev–Trinajstić information content (AvgIpc) is 2.62. The van der Waals surface area contributed by atoms with Crippen molar-refractivity contribution in [1.29, 1.82) is 0 Å². The molecule has 1 fully saturated rings. The molecule has 2 aliphatic rings. The van der Waals surface area contributed by atoms with Crippen LogP contribution in [0, 0.1) is 17.3 Å². The van der Waals surface area contributed by atoms with Gasteiger partial charge in [-0.15, -0.1) is 0 Å². The van der Waals surface area contributed by atoms with Gasteiger partial charge in [0, 0.05) is 0 Å². The van der Waals surface area contributed by atoms with Crippen LogP contribution in [-0.4, -0.2) is 0 Å². The summed E-state index contributed by atoms with van der Waals surface area (Å²) in [5.41, 5.74) is 1.92. The fourth-order valence-corrected chi connectivity index (χ4v) is 2.89. The molecule has 3 unspecified atom stereocenters. The molecule has 0 aromatic heterocycles. The van der Waals surface area contributed by atoms with Gasteiger partial charge in [0.1, 0.15) is 0 Å². The Balaban J connectivity index is 2.02. The Morgan fingerprint density at radius 1 is 1.69 bits per heavy atom. The summed E-state index contributed by atoms with van der Waals surface area (Å²) in [5, 5.41) is 0. The van der Waals surface area contributed by atoms with Gasteiger partial charge in [0.15, 0.2) is 0 Å². The van der Waals surface area contributed by atoms with Crippen molar-refractivity contribution in [3.05, 3.63) is 24.3 Å². The lowest BCUT2D eigenvalue weighted by molar-refractivity contribution is 0.325. The lowest BCUT2D eigenvalue weighted by atomic mass is 9.78. The van der Waals surface area contributed by atoms with Crippen LogP contribution in [0.3, 0.4) is 0 Å². The third-order valence-corrected chi connectivity index (χ3v) is 3.96. The smallest absolute Gasteiger partial charge is 0.0107 e. The first kappa shape index (κ1) is 9.05. The van der Waals surface area contributed by atoms with Crippen LogP contribution in [0.25, 0.3) is 0 Å². The molecular weight excluding hydrogens is 156 g/mol. The molecule has 72 valence electrons. The molecule has 2 aliphatic carbocycles. The van der Waals surface area contributed by atoms with E-state index in [0.717, 1.165) is 5.92 Å². The van der Waals surface area contributed by atoms with Gasteiger partial charge in [0.25, 0.3) is 0 Å². The fourth-order valence-electron chi connectivity index (χ4n) is 2.89. The number of hydrogen-bond acceptors (Lipinski definition) is 0. The molecule has 0 spiro atoms. The van der Waals surface area contributed by atoms with Gasteiger partial charge in [-0.2, -0.15) is 0 Å². The highest BCUT2D eigenvalue weighted by molar-refractivity contribution is 5.17. The van der Waals surface area contributed by atoms with E-state index in [9.17, 15) is 0 Å². The Kier molecular flexibility index (Phi) is 2.09. The molecule has 0 heteroatoms. The van der Waals surface area contributed by atoms with E-state index in [4.69, 9.17) is 0 Å². The van der Waals surface area contributed by atoms with Gasteiger partial charge in [-0.3, -0.25) is 0 Å². The minimum atomic E-state index is 0.572. The molecule has 0 radical (unpaired) electrons. The van der Waals surface area contributed by atoms with E-state index in [-0.39, 0.29) is 0 Å². The molecule has 2 bridgehead atoms. The van der Waals surface area contributed by atoms with Crippen LogP contribution >= 0.6 is 0 Å². The number of allylic oxidation sites excluding steroid dienone is 3. The summed E-state index contributed by atoms with van der Waals surface area (Å²) in [5.74, 6) is 1.61. The minimum Gasteiger partial charge on any atom is -0.0999 e. The molecule has 0 N–H and O–H groups in total. The van der Waals surface area contributed by atoms with Crippen LogP contribution in [0.4, 0.5) is 0 Å². The van der Waals surface area contributed by atoms with Crippen LogP contribution < -0.4 is 0 Å². The molecule has 2 rings (SSSR count). The first-order valence-electron chi connectivity index (χ1n) is 5.46. The van der Waals surface area contributed by atoms with Crippen molar-refractivity contribution in [3.8, 4) is 0 Å². The quantitative estimate of drug-likeness (QED) is 0.571. The van der Waals surface area contributed by atoms with E-state index in [2.05, 4.69) is 32.6 Å². The second kappa shape index (κ2) is 3.01. The van der Waals surface area contributed by atoms with Crippen LogP contribution in [-0.2, 0) is 0 Å². The Hall–Kier alpha value is -0.520. The van der Waals surface area contributed by atoms with Crippen molar-refractivity contribution in [2.75, 3.05) is 0 Å². The molecular formula is C13H20. The lowest BCUT2D eigenvalue weighted by Gasteiger charge is -2.27. The fraction of sp³-hybridized carbons (Fsp3) is 0.692. The van der Waals surface area contributed by atoms with Gasteiger partial charge >= 0.3 is 0 Å². The molecule has 0 saturated heterocycles. The summed E-state index contributed by atoms with van der Waals surface area (Å²) >= 11 is 0. The largest absolute Gasteiger partial charge is 0.0999 e. The third kappa shape index (κ3) is 1.59. The molecule has 0 aromatic carbocycles. The van der Waals surface area contributed by atoms with Crippen LogP contribution in [0.5, 0.6) is 0 Å². The summed E-state index contributed by atoms with van der Waals surface area (Å²) in [6, 6.07) is 0. The van der Waals surface area contributed by atoms with Crippen molar-refractivity contribution < 1.29 is 0 Å². The summed E-state index contributed by atoms with van der Waals surface area (Å²) in [6.07, 6.45) is 10.5. The first-order valence-corrected chi connectivity index (χ1v) is 5.46. The molecule has 0 nitrogen and oxygen atoms in total. The number of fused-ring (bicyclic) bond motifs is 2. The van der Waals surface area contributed by atoms with Gasteiger partial charge in [0.2, 0.25) is 0 Å². The second-order valence-corrected chi connectivity index (χ2v) is 5.18. The van der Waals surface area contributed by atoms with Gasteiger partial charge in [-0.05, 0) is 49.9 Å². The number of rotatable bonds is 3. The maximum absolute atomic E-state index is 4.05. The molecule has 13 heavy (non-hydrogen) atoms. The first-order chi connectivity index (χ1) is 6.11. The van der Waals surface area contributed by atoms with E-state index in [1.165, 1.54) is 31.3 Å². The topological polar surface area (TPSA) is 0 Å². The van der Waals surface area contributed by atoms with E-state index in [1.807, 2.05) is 0 Å². The molecule has 3 atom stereocenters. The van der Waals surface area contributed by atoms with Crippen molar-refractivity contribution >= 4 is 0 Å². The molecule has 0 aliphatic heterocycles. The van der Waals surface area contributed by atoms with Crippen molar-refractivity contribution in [1.82, 2.24) is 0 Å². The Labute approximate surface area is 81.7 Å². The van der Waals surface area contributed by atoms with Gasteiger partial charge in [-0.1, -0.05) is 31.2 Å². The monoisotopic (exact) mass is 176 g/mol. The maximum Gasteiger partial charge on any atom is -0.0107 e. The standard InChI is InChI=1S/C13H20/c1-10(2)11(3)8-13-6-4-12(9-13)5-7-13/h4,6,11-12H,1,5,7-9H2,2-3H3. The van der Waals surface area contributed by atoms with Crippen molar-refractivity contribution in [3.63, 3.8) is 0 Å². The van der Waals surface area contributed by atoms with Crippen molar-refractivity contribution in [2.24, 2.45) is 17.3 Å². The van der Waals surface area contributed by atoms with Gasteiger partial charge in [-0.25, -0.2) is 0 Å². The van der Waals surface area contributed by atoms with E-state index in [1.54, 1.807) is 0 Å². The lowest BCUT2D eigenvalue weighted by Crippen LogP contribution is -2.16. The predicted octanol–water partition coefficient (Wildman–Crippen LogP) is 3.95. The molecule has 1 saturated carbocycles. The molecule has 0 aromatic rings. The second-order valence-electron chi connectivity index (χ2n) is 5.18. The highest BCUT2D eigenvalue weighted by Gasteiger charge is 2.41. The van der Waals surface area contributed by atoms with E-state index < -0.39 is 0 Å². The zero-order valence-corrected chi connectivity index (χ0v) is 8.84. The van der Waals surface area contributed by atoms with Crippen LogP contribution in [0.1, 0.15) is 39.5 Å². The Bertz CT molecular complexity index is 249. The van der Waals surface area contributed by atoms with Crippen molar-refractivity contribution in [2.45, 2.75) is 39.5 Å². The normalized spacial score (nSPS) is 38.2. The van der Waals surface area contributed by atoms with E-state index >= 15 is 0 Å². The van der Waals surface area contributed by atoms with Crippen LogP contribution in [0.2, 0.25) is 0 Å². The Morgan fingerprint density at radius 2 is 2.46 bits per heavy atom. The summed E-state index contributed by atoms with van der Waals surface area (Å²) < 4.78 is 0.